The normalized spacial score (nSPS) is 14.5. The maximum atomic E-state index is 9.56. The minimum absolute atomic E-state index is 0.259. The van der Waals surface area contributed by atoms with Gasteiger partial charge in [-0.25, -0.2) is 0 Å². The highest BCUT2D eigenvalue weighted by molar-refractivity contribution is 6.68. The predicted molar refractivity (Wildman–Crippen MR) is 53.7 cm³/mol. The van der Waals surface area contributed by atoms with Crippen LogP contribution in [-0.2, 0) is 6.42 Å². The molecule has 1 aliphatic heterocycles. The van der Waals surface area contributed by atoms with Crippen molar-refractivity contribution in [3.63, 3.8) is 0 Å². The second kappa shape index (κ2) is 3.42. The lowest BCUT2D eigenvalue weighted by atomic mass is 9.63. The third kappa shape index (κ3) is 1.56. The molecular weight excluding hydrogens is 163 g/mol. The van der Waals surface area contributed by atoms with Crippen LogP contribution in [0.15, 0.2) is 18.2 Å². The molecule has 2 nitrogen and oxygen atoms in total. The van der Waals surface area contributed by atoms with Gasteiger partial charge in [0.05, 0.1) is 6.61 Å². The summed E-state index contributed by atoms with van der Waals surface area (Å²) in [6.07, 6.45) is 1.82. The quantitative estimate of drug-likeness (QED) is 0.676. The van der Waals surface area contributed by atoms with Gasteiger partial charge in [0.2, 0.25) is 0 Å². The molecular formula is C10H13BO2. The fourth-order valence-electron chi connectivity index (χ4n) is 1.83. The molecule has 0 aliphatic carbocycles. The van der Waals surface area contributed by atoms with Crippen LogP contribution in [0.4, 0.5) is 0 Å². The molecule has 0 saturated carbocycles. The SMILES string of the molecule is CCOc1ccc2c(c1)CCB2O. The van der Waals surface area contributed by atoms with E-state index in [-0.39, 0.29) is 6.92 Å². The van der Waals surface area contributed by atoms with Crippen LogP contribution in [0.1, 0.15) is 12.5 Å². The van der Waals surface area contributed by atoms with Crippen molar-refractivity contribution in [1.29, 1.82) is 0 Å². The van der Waals surface area contributed by atoms with Crippen LogP contribution in [0.5, 0.6) is 5.75 Å². The molecule has 0 bridgehead atoms. The van der Waals surface area contributed by atoms with E-state index in [2.05, 4.69) is 0 Å². The number of hydrogen-bond acceptors (Lipinski definition) is 2. The van der Waals surface area contributed by atoms with Gasteiger partial charge in [-0.05, 0) is 42.8 Å². The van der Waals surface area contributed by atoms with Crippen molar-refractivity contribution in [2.24, 2.45) is 0 Å². The highest BCUT2D eigenvalue weighted by Gasteiger charge is 2.24. The van der Waals surface area contributed by atoms with Crippen LogP contribution in [-0.4, -0.2) is 18.5 Å². The van der Waals surface area contributed by atoms with Gasteiger partial charge in [0.25, 0.3) is 0 Å². The fourth-order valence-corrected chi connectivity index (χ4v) is 1.83. The summed E-state index contributed by atoms with van der Waals surface area (Å²) in [4.78, 5) is 0. The van der Waals surface area contributed by atoms with E-state index >= 15 is 0 Å². The van der Waals surface area contributed by atoms with Gasteiger partial charge in [-0.3, -0.25) is 0 Å². The Bertz CT molecular complexity index is 312. The molecule has 0 spiro atoms. The van der Waals surface area contributed by atoms with Gasteiger partial charge < -0.3 is 9.76 Å². The monoisotopic (exact) mass is 176 g/mol. The van der Waals surface area contributed by atoms with Gasteiger partial charge in [0.1, 0.15) is 5.75 Å². The van der Waals surface area contributed by atoms with Crippen LogP contribution in [0.3, 0.4) is 0 Å². The number of benzene rings is 1. The lowest BCUT2D eigenvalue weighted by Gasteiger charge is -2.05. The van der Waals surface area contributed by atoms with Gasteiger partial charge in [-0.2, -0.15) is 0 Å². The maximum absolute atomic E-state index is 9.56. The van der Waals surface area contributed by atoms with E-state index in [9.17, 15) is 5.02 Å². The van der Waals surface area contributed by atoms with E-state index < -0.39 is 0 Å². The molecule has 1 N–H and O–H groups in total. The summed E-state index contributed by atoms with van der Waals surface area (Å²) < 4.78 is 5.38. The highest BCUT2D eigenvalue weighted by Crippen LogP contribution is 2.18. The molecule has 1 aromatic carbocycles. The van der Waals surface area contributed by atoms with E-state index in [4.69, 9.17) is 4.74 Å². The first-order valence-corrected chi connectivity index (χ1v) is 4.75. The van der Waals surface area contributed by atoms with Crippen molar-refractivity contribution in [2.45, 2.75) is 19.7 Å². The maximum Gasteiger partial charge on any atom is 0.324 e. The van der Waals surface area contributed by atoms with Crippen molar-refractivity contribution in [3.05, 3.63) is 23.8 Å². The number of ether oxygens (including phenoxy) is 1. The first-order chi connectivity index (χ1) is 6.31. The van der Waals surface area contributed by atoms with Gasteiger partial charge in [-0.1, -0.05) is 6.07 Å². The van der Waals surface area contributed by atoms with Crippen LogP contribution >= 0.6 is 0 Å². The molecule has 0 aromatic heterocycles. The smallest absolute Gasteiger partial charge is 0.324 e. The Morgan fingerprint density at radius 2 is 2.38 bits per heavy atom. The lowest BCUT2D eigenvalue weighted by molar-refractivity contribution is 0.340. The predicted octanol–water partition coefficient (Wildman–Crippen LogP) is 0.832. The van der Waals surface area contributed by atoms with Crippen molar-refractivity contribution >= 4 is 12.4 Å². The first-order valence-electron chi connectivity index (χ1n) is 4.75. The van der Waals surface area contributed by atoms with Crippen LogP contribution < -0.4 is 10.2 Å². The second-order valence-corrected chi connectivity index (χ2v) is 3.35. The largest absolute Gasteiger partial charge is 0.494 e. The van der Waals surface area contributed by atoms with Gasteiger partial charge in [-0.15, -0.1) is 0 Å². The zero-order valence-corrected chi connectivity index (χ0v) is 7.79. The minimum Gasteiger partial charge on any atom is -0.494 e. The third-order valence-corrected chi connectivity index (χ3v) is 2.47. The van der Waals surface area contributed by atoms with Crippen molar-refractivity contribution < 1.29 is 9.76 Å². The Morgan fingerprint density at radius 3 is 3.15 bits per heavy atom. The molecule has 1 aliphatic rings. The Labute approximate surface area is 78.7 Å². The molecule has 0 fully saturated rings. The van der Waals surface area contributed by atoms with Crippen LogP contribution in [0, 0.1) is 0 Å². The van der Waals surface area contributed by atoms with Gasteiger partial charge >= 0.3 is 6.92 Å². The average Bonchev–Trinajstić information content (AvgIpc) is 2.48. The molecule has 1 aromatic rings. The van der Waals surface area contributed by atoms with Crippen molar-refractivity contribution in [1.82, 2.24) is 0 Å². The molecule has 3 heteroatoms. The number of aryl methyl sites for hydroxylation is 1. The molecule has 0 atom stereocenters. The summed E-state index contributed by atoms with van der Waals surface area (Å²) in [5.74, 6) is 0.912. The summed E-state index contributed by atoms with van der Waals surface area (Å²) >= 11 is 0. The summed E-state index contributed by atoms with van der Waals surface area (Å²) in [7, 11) is 0. The summed E-state index contributed by atoms with van der Waals surface area (Å²) in [6, 6.07) is 5.93. The second-order valence-electron chi connectivity index (χ2n) is 3.35. The molecule has 13 heavy (non-hydrogen) atoms. The summed E-state index contributed by atoms with van der Waals surface area (Å²) in [5, 5.41) is 9.56. The molecule has 0 amide bonds. The summed E-state index contributed by atoms with van der Waals surface area (Å²) in [5.41, 5.74) is 2.31. The number of fused-ring (bicyclic) bond motifs is 1. The average molecular weight is 176 g/mol. The molecule has 0 radical (unpaired) electrons. The van der Waals surface area contributed by atoms with E-state index in [0.29, 0.717) is 6.61 Å². The Balaban J connectivity index is 2.29. The van der Waals surface area contributed by atoms with Crippen LogP contribution in [0.25, 0.3) is 0 Å². The molecule has 68 valence electrons. The summed E-state index contributed by atoms with van der Waals surface area (Å²) in [6.45, 7) is 2.41. The van der Waals surface area contributed by atoms with E-state index in [1.165, 1.54) is 5.56 Å². The van der Waals surface area contributed by atoms with Crippen molar-refractivity contribution in [3.8, 4) is 5.75 Å². The highest BCUT2D eigenvalue weighted by atomic mass is 16.5. The van der Waals surface area contributed by atoms with Gasteiger partial charge in [0, 0.05) is 0 Å². The lowest BCUT2D eigenvalue weighted by Crippen LogP contribution is -2.25. The Kier molecular flexibility index (Phi) is 2.27. The van der Waals surface area contributed by atoms with Crippen molar-refractivity contribution in [2.75, 3.05) is 6.61 Å². The minimum atomic E-state index is -0.259. The Hall–Kier alpha value is -0.955. The topological polar surface area (TPSA) is 29.5 Å². The van der Waals surface area contributed by atoms with E-state index in [0.717, 1.165) is 24.0 Å². The molecule has 2 rings (SSSR count). The molecule has 0 saturated heterocycles. The molecule has 0 unspecified atom stereocenters. The number of hydrogen-bond donors (Lipinski definition) is 1. The van der Waals surface area contributed by atoms with Gasteiger partial charge in [0.15, 0.2) is 0 Å². The fraction of sp³-hybridized carbons (Fsp3) is 0.400. The third-order valence-electron chi connectivity index (χ3n) is 2.47. The van der Waals surface area contributed by atoms with Crippen LogP contribution in [0.2, 0.25) is 6.32 Å². The van der Waals surface area contributed by atoms with E-state index in [1.807, 2.05) is 25.1 Å². The molecule has 1 heterocycles. The zero-order valence-electron chi connectivity index (χ0n) is 7.79. The standard InChI is InChI=1S/C10H13BO2/c1-2-13-9-3-4-10-8(7-9)5-6-11(10)12/h3-4,7,12H,2,5-6H2,1H3. The van der Waals surface area contributed by atoms with E-state index in [1.54, 1.807) is 0 Å². The Morgan fingerprint density at radius 1 is 1.54 bits per heavy atom. The first kappa shape index (κ1) is 8.63. The number of rotatable bonds is 2. The zero-order chi connectivity index (χ0) is 9.26.